The van der Waals surface area contributed by atoms with Gasteiger partial charge in [0.2, 0.25) is 0 Å². The van der Waals surface area contributed by atoms with Gasteiger partial charge in [-0.1, -0.05) is 26.0 Å². The molecule has 1 unspecified atom stereocenters. The topological polar surface area (TPSA) is 38.5 Å². The molecule has 0 heterocycles. The molecule has 1 atom stereocenters. The molecule has 0 amide bonds. The molecule has 0 radical (unpaired) electrons. The van der Waals surface area contributed by atoms with Gasteiger partial charge in [-0.05, 0) is 23.6 Å². The van der Waals surface area contributed by atoms with E-state index >= 15 is 0 Å². The molecule has 3 nitrogen and oxygen atoms in total. The highest BCUT2D eigenvalue weighted by atomic mass is 19.1. The Morgan fingerprint density at radius 3 is 2.63 bits per heavy atom. The number of hydrogen-bond acceptors (Lipinski definition) is 3. The van der Waals surface area contributed by atoms with Crippen molar-refractivity contribution in [2.24, 2.45) is 11.7 Å². The third-order valence-corrected chi connectivity index (χ3v) is 3.08. The van der Waals surface area contributed by atoms with Gasteiger partial charge >= 0.3 is 0 Å². The largest absolute Gasteiger partial charge is 0.383 e. The Morgan fingerprint density at radius 1 is 1.37 bits per heavy atom. The number of hydrogen-bond donors (Lipinski definition) is 1. The Bertz CT molecular complexity index is 371. The van der Waals surface area contributed by atoms with E-state index in [1.165, 1.54) is 6.07 Å². The molecular formula is C15H25FN2O. The number of methoxy groups -OCH3 is 1. The predicted octanol–water partition coefficient (Wildman–Crippen LogP) is 2.43. The molecule has 19 heavy (non-hydrogen) atoms. The molecule has 1 aromatic rings. The maximum Gasteiger partial charge on any atom is 0.123 e. The van der Waals surface area contributed by atoms with Crippen LogP contribution in [0.4, 0.5) is 4.39 Å². The van der Waals surface area contributed by atoms with Crippen molar-refractivity contribution in [2.75, 3.05) is 33.4 Å². The molecule has 1 aromatic carbocycles. The maximum atomic E-state index is 13.4. The van der Waals surface area contributed by atoms with Gasteiger partial charge in [-0.2, -0.15) is 0 Å². The third kappa shape index (κ3) is 5.27. The van der Waals surface area contributed by atoms with E-state index in [1.54, 1.807) is 19.2 Å². The lowest BCUT2D eigenvalue weighted by Gasteiger charge is -2.32. The Kier molecular flexibility index (Phi) is 6.99. The number of ether oxygens (including phenoxy) is 1. The number of nitrogens with zero attached hydrogens (tertiary/aromatic N) is 1. The monoisotopic (exact) mass is 268 g/mol. The zero-order chi connectivity index (χ0) is 14.3. The van der Waals surface area contributed by atoms with Crippen molar-refractivity contribution in [1.82, 2.24) is 4.90 Å². The van der Waals surface area contributed by atoms with Gasteiger partial charge in [-0.3, -0.25) is 4.90 Å². The summed E-state index contributed by atoms with van der Waals surface area (Å²) in [5.41, 5.74) is 6.83. The van der Waals surface area contributed by atoms with Gasteiger partial charge in [-0.15, -0.1) is 0 Å². The van der Waals surface area contributed by atoms with Crippen LogP contribution in [0.15, 0.2) is 24.3 Å². The van der Waals surface area contributed by atoms with E-state index in [2.05, 4.69) is 18.7 Å². The van der Waals surface area contributed by atoms with E-state index in [9.17, 15) is 4.39 Å². The van der Waals surface area contributed by atoms with Crippen molar-refractivity contribution in [3.63, 3.8) is 0 Å². The minimum Gasteiger partial charge on any atom is -0.383 e. The molecule has 0 aromatic heterocycles. The summed E-state index contributed by atoms with van der Waals surface area (Å²) in [5.74, 6) is 0.312. The first-order valence-electron chi connectivity index (χ1n) is 6.77. The highest BCUT2D eigenvalue weighted by Gasteiger charge is 2.20. The van der Waals surface area contributed by atoms with Gasteiger partial charge in [-0.25, -0.2) is 4.39 Å². The van der Waals surface area contributed by atoms with E-state index in [0.29, 0.717) is 19.1 Å². The number of nitrogens with two attached hydrogens (primary N) is 1. The highest BCUT2D eigenvalue weighted by Crippen LogP contribution is 2.21. The van der Waals surface area contributed by atoms with Gasteiger partial charge in [0.15, 0.2) is 0 Å². The first-order valence-corrected chi connectivity index (χ1v) is 6.77. The smallest absolute Gasteiger partial charge is 0.123 e. The van der Waals surface area contributed by atoms with Crippen LogP contribution in [-0.2, 0) is 4.74 Å². The van der Waals surface area contributed by atoms with Gasteiger partial charge in [0.25, 0.3) is 0 Å². The SMILES string of the molecule is COCCN(CC(C)C)C(CN)c1cccc(F)c1. The van der Waals surface area contributed by atoms with Crippen LogP contribution >= 0.6 is 0 Å². The van der Waals surface area contributed by atoms with Crippen LogP contribution in [0.1, 0.15) is 25.5 Å². The van der Waals surface area contributed by atoms with Crippen LogP contribution in [0, 0.1) is 11.7 Å². The Labute approximate surface area is 115 Å². The van der Waals surface area contributed by atoms with E-state index in [0.717, 1.165) is 18.7 Å². The fourth-order valence-corrected chi connectivity index (χ4v) is 2.26. The Balaban J connectivity index is 2.87. The highest BCUT2D eigenvalue weighted by molar-refractivity contribution is 5.20. The van der Waals surface area contributed by atoms with Crippen LogP contribution in [-0.4, -0.2) is 38.3 Å². The molecule has 2 N–H and O–H groups in total. The fraction of sp³-hybridized carbons (Fsp3) is 0.600. The van der Waals surface area contributed by atoms with E-state index in [4.69, 9.17) is 10.5 Å². The predicted molar refractivity (Wildman–Crippen MR) is 76.5 cm³/mol. The molecule has 0 aliphatic rings. The second-order valence-corrected chi connectivity index (χ2v) is 5.19. The average molecular weight is 268 g/mol. The average Bonchev–Trinajstić information content (AvgIpc) is 2.36. The zero-order valence-corrected chi connectivity index (χ0v) is 12.1. The second kappa shape index (κ2) is 8.25. The van der Waals surface area contributed by atoms with Crippen molar-refractivity contribution in [1.29, 1.82) is 0 Å². The van der Waals surface area contributed by atoms with Crippen molar-refractivity contribution in [2.45, 2.75) is 19.9 Å². The molecule has 0 fully saturated rings. The van der Waals surface area contributed by atoms with Crippen molar-refractivity contribution in [3.8, 4) is 0 Å². The summed E-state index contributed by atoms with van der Waals surface area (Å²) in [4.78, 5) is 2.27. The maximum absolute atomic E-state index is 13.4. The summed E-state index contributed by atoms with van der Waals surface area (Å²) in [6.45, 7) is 7.17. The molecule has 0 saturated carbocycles. The lowest BCUT2D eigenvalue weighted by Crippen LogP contribution is -2.38. The molecule has 0 saturated heterocycles. The standard InChI is InChI=1S/C15H25FN2O/c1-12(2)11-18(7-8-19-3)15(10-17)13-5-4-6-14(16)9-13/h4-6,9,12,15H,7-8,10-11,17H2,1-3H3. The number of rotatable bonds is 8. The Morgan fingerprint density at radius 2 is 2.11 bits per heavy atom. The van der Waals surface area contributed by atoms with Crippen molar-refractivity contribution < 1.29 is 9.13 Å². The summed E-state index contributed by atoms with van der Waals surface area (Å²) in [7, 11) is 1.69. The van der Waals surface area contributed by atoms with E-state index < -0.39 is 0 Å². The summed E-state index contributed by atoms with van der Waals surface area (Å²) in [5, 5.41) is 0. The molecule has 0 aliphatic carbocycles. The molecule has 0 bridgehead atoms. The zero-order valence-electron chi connectivity index (χ0n) is 12.1. The lowest BCUT2D eigenvalue weighted by atomic mass is 10.0. The first-order chi connectivity index (χ1) is 9.08. The summed E-state index contributed by atoms with van der Waals surface area (Å²) in [6, 6.07) is 6.72. The molecular weight excluding hydrogens is 243 g/mol. The number of halogens is 1. The van der Waals surface area contributed by atoms with Crippen LogP contribution in [0.5, 0.6) is 0 Å². The quantitative estimate of drug-likeness (QED) is 0.787. The third-order valence-electron chi connectivity index (χ3n) is 3.08. The minimum absolute atomic E-state index is 0.0354. The lowest BCUT2D eigenvalue weighted by molar-refractivity contribution is 0.112. The molecule has 108 valence electrons. The van der Waals surface area contributed by atoms with E-state index in [-0.39, 0.29) is 11.9 Å². The second-order valence-electron chi connectivity index (χ2n) is 5.19. The van der Waals surface area contributed by atoms with E-state index in [1.807, 2.05) is 6.07 Å². The van der Waals surface area contributed by atoms with Crippen LogP contribution in [0.2, 0.25) is 0 Å². The normalized spacial score (nSPS) is 13.2. The summed E-state index contributed by atoms with van der Waals surface area (Å²) >= 11 is 0. The van der Waals surface area contributed by atoms with Crippen molar-refractivity contribution >= 4 is 0 Å². The Hall–Kier alpha value is -0.970. The fourth-order valence-electron chi connectivity index (χ4n) is 2.26. The minimum atomic E-state index is -0.216. The van der Waals surface area contributed by atoms with Gasteiger partial charge in [0, 0.05) is 32.8 Å². The number of benzene rings is 1. The van der Waals surface area contributed by atoms with Gasteiger partial charge in [0.1, 0.15) is 5.82 Å². The van der Waals surface area contributed by atoms with Crippen molar-refractivity contribution in [3.05, 3.63) is 35.6 Å². The van der Waals surface area contributed by atoms with Gasteiger partial charge in [0.05, 0.1) is 6.61 Å². The van der Waals surface area contributed by atoms with Crippen LogP contribution in [0.3, 0.4) is 0 Å². The van der Waals surface area contributed by atoms with Crippen LogP contribution < -0.4 is 5.73 Å². The molecule has 4 heteroatoms. The molecule has 0 spiro atoms. The molecule has 1 rings (SSSR count). The molecule has 0 aliphatic heterocycles. The summed E-state index contributed by atoms with van der Waals surface area (Å²) < 4.78 is 18.5. The van der Waals surface area contributed by atoms with Gasteiger partial charge < -0.3 is 10.5 Å². The van der Waals surface area contributed by atoms with Crippen LogP contribution in [0.25, 0.3) is 0 Å². The summed E-state index contributed by atoms with van der Waals surface area (Å²) in [6.07, 6.45) is 0. The first kappa shape index (κ1) is 16.1.